The van der Waals surface area contributed by atoms with Gasteiger partial charge in [-0.1, -0.05) is 18.2 Å². The highest BCUT2D eigenvalue weighted by Crippen LogP contribution is 2.30. The summed E-state index contributed by atoms with van der Waals surface area (Å²) >= 11 is 0. The zero-order valence-corrected chi connectivity index (χ0v) is 18.8. The van der Waals surface area contributed by atoms with E-state index in [0.717, 1.165) is 0 Å². The molecule has 1 N–H and O–H groups in total. The van der Waals surface area contributed by atoms with Crippen LogP contribution in [0.5, 0.6) is 5.75 Å². The van der Waals surface area contributed by atoms with Crippen molar-refractivity contribution in [3.8, 4) is 5.75 Å². The van der Waals surface area contributed by atoms with Gasteiger partial charge >= 0.3 is 0 Å². The lowest BCUT2D eigenvalue weighted by atomic mass is 10.2. The quantitative estimate of drug-likeness (QED) is 0.194. The smallest absolute Gasteiger partial charge is 0.291 e. The van der Waals surface area contributed by atoms with Gasteiger partial charge in [0.1, 0.15) is 18.2 Å². The second-order valence-electron chi connectivity index (χ2n) is 7.70. The molecule has 0 saturated heterocycles. The van der Waals surface area contributed by atoms with Crippen LogP contribution in [0.4, 0.5) is 32.0 Å². The van der Waals surface area contributed by atoms with Gasteiger partial charge in [0.15, 0.2) is 11.5 Å². The molecular weight excluding hydrogens is 492 g/mol. The molecular formula is C24H17F6N3O3. The number of amides is 1. The summed E-state index contributed by atoms with van der Waals surface area (Å²) in [7, 11) is 0. The van der Waals surface area contributed by atoms with Gasteiger partial charge in [0.25, 0.3) is 5.91 Å². The van der Waals surface area contributed by atoms with Crippen LogP contribution >= 0.6 is 0 Å². The number of benzene rings is 2. The topological polar surface area (TPSA) is 69.3 Å². The molecule has 2 aromatic carbocycles. The van der Waals surface area contributed by atoms with Crippen LogP contribution in [0.1, 0.15) is 33.3 Å². The predicted octanol–water partition coefficient (Wildman–Crippen LogP) is 5.81. The van der Waals surface area contributed by atoms with Crippen LogP contribution < -0.4 is 10.1 Å². The molecule has 36 heavy (non-hydrogen) atoms. The lowest BCUT2D eigenvalue weighted by Crippen LogP contribution is -2.13. The number of carbonyl (C=O) groups excluding carboxylic acids is 1. The number of ether oxygens (including phenoxy) is 1. The maximum atomic E-state index is 14.0. The van der Waals surface area contributed by atoms with Gasteiger partial charge in [0.05, 0.1) is 23.6 Å². The van der Waals surface area contributed by atoms with Gasteiger partial charge < -0.3 is 14.5 Å². The largest absolute Gasteiger partial charge is 0.479 e. The molecule has 0 unspecified atom stereocenters. The molecule has 0 spiro atoms. The second kappa shape index (κ2) is 9.80. The fourth-order valence-electron chi connectivity index (χ4n) is 3.43. The SMILES string of the molecule is Cc1nn(Cc2ccccc2F)c(C)c1NC(=O)c1ccc(COc2c(F)c(F)c(F)c(F)c2F)o1. The number of carbonyl (C=O) groups is 1. The third kappa shape index (κ3) is 4.66. The first-order valence-electron chi connectivity index (χ1n) is 10.4. The highest BCUT2D eigenvalue weighted by molar-refractivity contribution is 6.02. The van der Waals surface area contributed by atoms with E-state index in [9.17, 15) is 31.1 Å². The first-order valence-corrected chi connectivity index (χ1v) is 10.4. The second-order valence-corrected chi connectivity index (χ2v) is 7.70. The predicted molar refractivity (Wildman–Crippen MR) is 114 cm³/mol. The Kier molecular flexibility index (Phi) is 6.77. The van der Waals surface area contributed by atoms with Crippen molar-refractivity contribution < 1.29 is 40.3 Å². The molecule has 6 nitrogen and oxygen atoms in total. The van der Waals surface area contributed by atoms with Gasteiger partial charge in [-0.05, 0) is 32.0 Å². The summed E-state index contributed by atoms with van der Waals surface area (Å²) in [4.78, 5) is 12.7. The molecule has 0 radical (unpaired) electrons. The highest BCUT2D eigenvalue weighted by atomic mass is 19.2. The van der Waals surface area contributed by atoms with Gasteiger partial charge in [0.2, 0.25) is 29.1 Å². The Bertz CT molecular complexity index is 1430. The van der Waals surface area contributed by atoms with Crippen LogP contribution in [0.2, 0.25) is 0 Å². The number of aryl methyl sites for hydroxylation is 1. The van der Waals surface area contributed by atoms with Gasteiger partial charge in [-0.25, -0.2) is 17.6 Å². The average molecular weight is 509 g/mol. The van der Waals surface area contributed by atoms with Gasteiger partial charge in [-0.15, -0.1) is 0 Å². The molecule has 0 aliphatic carbocycles. The molecule has 4 aromatic rings. The third-order valence-corrected chi connectivity index (χ3v) is 5.31. The molecule has 0 fully saturated rings. The number of halogens is 6. The molecule has 12 heteroatoms. The summed E-state index contributed by atoms with van der Waals surface area (Å²) < 4.78 is 92.8. The number of rotatable bonds is 7. The Balaban J connectivity index is 1.46. The zero-order chi connectivity index (χ0) is 26.1. The summed E-state index contributed by atoms with van der Waals surface area (Å²) in [6, 6.07) is 8.67. The Morgan fingerprint density at radius 3 is 2.25 bits per heavy atom. The van der Waals surface area contributed by atoms with Crippen LogP contribution in [0.3, 0.4) is 0 Å². The molecule has 0 bridgehead atoms. The van der Waals surface area contributed by atoms with Gasteiger partial charge in [0, 0.05) is 5.56 Å². The van der Waals surface area contributed by atoms with Crippen molar-refractivity contribution >= 4 is 11.6 Å². The summed E-state index contributed by atoms with van der Waals surface area (Å²) in [6.45, 7) is 2.74. The average Bonchev–Trinajstić information content (AvgIpc) is 3.43. The van der Waals surface area contributed by atoms with Crippen molar-refractivity contribution in [1.82, 2.24) is 9.78 Å². The van der Waals surface area contributed by atoms with E-state index in [-0.39, 0.29) is 18.1 Å². The summed E-state index contributed by atoms with van der Waals surface area (Å²) in [5, 5.41) is 6.95. The highest BCUT2D eigenvalue weighted by Gasteiger charge is 2.27. The van der Waals surface area contributed by atoms with Crippen LogP contribution in [-0.4, -0.2) is 15.7 Å². The van der Waals surface area contributed by atoms with E-state index in [1.54, 1.807) is 32.0 Å². The molecule has 0 aliphatic heterocycles. The first kappa shape index (κ1) is 24.9. The van der Waals surface area contributed by atoms with E-state index >= 15 is 0 Å². The molecule has 0 aliphatic rings. The van der Waals surface area contributed by atoms with Crippen molar-refractivity contribution in [2.45, 2.75) is 27.0 Å². The van der Waals surface area contributed by atoms with Crippen LogP contribution in [0.15, 0.2) is 40.8 Å². The normalized spacial score (nSPS) is 11.1. The lowest BCUT2D eigenvalue weighted by Gasteiger charge is -2.09. The molecule has 0 saturated carbocycles. The maximum Gasteiger partial charge on any atom is 0.291 e. The number of nitrogens with zero attached hydrogens (tertiary/aromatic N) is 2. The number of furan rings is 1. The van der Waals surface area contributed by atoms with Crippen molar-refractivity contribution in [1.29, 1.82) is 0 Å². The van der Waals surface area contributed by atoms with Crippen LogP contribution in [-0.2, 0) is 13.2 Å². The minimum Gasteiger partial charge on any atom is -0.479 e. The maximum absolute atomic E-state index is 14.0. The third-order valence-electron chi connectivity index (χ3n) is 5.31. The van der Waals surface area contributed by atoms with E-state index < -0.39 is 53.2 Å². The first-order chi connectivity index (χ1) is 17.1. The van der Waals surface area contributed by atoms with Crippen molar-refractivity contribution in [3.05, 3.63) is 99.8 Å². The molecule has 188 valence electrons. The Labute approximate surface area is 200 Å². The standard InChI is InChI=1S/C24H17F6N3O3/c1-11-22(12(2)33(32-11)9-13-5-3-4-6-15(13)25)31-24(34)16-8-7-14(36-16)10-35-23-20(29)18(27)17(26)19(28)21(23)30/h3-8H,9-10H2,1-2H3,(H,31,34). The Morgan fingerprint density at radius 2 is 1.58 bits per heavy atom. The summed E-state index contributed by atoms with van der Waals surface area (Å²) in [6.07, 6.45) is 0. The van der Waals surface area contributed by atoms with Gasteiger partial charge in [-0.2, -0.15) is 13.9 Å². The van der Waals surface area contributed by atoms with Crippen LogP contribution in [0.25, 0.3) is 0 Å². The van der Waals surface area contributed by atoms with Crippen molar-refractivity contribution in [2.24, 2.45) is 0 Å². The number of anilines is 1. The lowest BCUT2D eigenvalue weighted by molar-refractivity contribution is 0.0992. The Morgan fingerprint density at radius 1 is 0.944 bits per heavy atom. The molecule has 2 heterocycles. The van der Waals surface area contributed by atoms with E-state index in [1.165, 1.54) is 22.9 Å². The number of nitrogens with one attached hydrogen (secondary N) is 1. The number of hydrogen-bond donors (Lipinski definition) is 1. The summed E-state index contributed by atoms with van der Waals surface area (Å²) in [5.41, 5.74) is 1.78. The fourth-order valence-corrected chi connectivity index (χ4v) is 3.43. The zero-order valence-electron chi connectivity index (χ0n) is 18.8. The number of aromatic nitrogens is 2. The molecule has 2 aromatic heterocycles. The molecule has 4 rings (SSSR count). The minimum absolute atomic E-state index is 0.118. The van der Waals surface area contributed by atoms with Gasteiger partial charge in [-0.3, -0.25) is 9.48 Å². The monoisotopic (exact) mass is 509 g/mol. The fraction of sp³-hybridized carbons (Fsp3) is 0.167. The number of hydrogen-bond acceptors (Lipinski definition) is 4. The van der Waals surface area contributed by atoms with E-state index in [4.69, 9.17) is 9.15 Å². The summed E-state index contributed by atoms with van der Waals surface area (Å²) in [5.74, 6) is -13.8. The minimum atomic E-state index is -2.31. The molecule has 0 atom stereocenters. The van der Waals surface area contributed by atoms with Crippen molar-refractivity contribution in [2.75, 3.05) is 5.32 Å². The van der Waals surface area contributed by atoms with E-state index in [1.807, 2.05) is 0 Å². The Hall–Kier alpha value is -4.22. The van der Waals surface area contributed by atoms with E-state index in [2.05, 4.69) is 10.4 Å². The molecule has 1 amide bonds. The van der Waals surface area contributed by atoms with Crippen LogP contribution in [0, 0.1) is 48.8 Å². The van der Waals surface area contributed by atoms with Crippen molar-refractivity contribution in [3.63, 3.8) is 0 Å². The van der Waals surface area contributed by atoms with E-state index in [0.29, 0.717) is 22.6 Å².